The van der Waals surface area contributed by atoms with Gasteiger partial charge in [0.2, 0.25) is 0 Å². The molecule has 0 saturated carbocycles. The minimum Gasteiger partial charge on any atom is -0.363 e. The van der Waals surface area contributed by atoms with Gasteiger partial charge in [0.15, 0.2) is 0 Å². The summed E-state index contributed by atoms with van der Waals surface area (Å²) in [5, 5.41) is 19.4. The number of nitrogens with zero attached hydrogens (tertiary/aromatic N) is 3. The fourth-order valence-electron chi connectivity index (χ4n) is 1.57. The van der Waals surface area contributed by atoms with Crippen molar-refractivity contribution in [1.82, 2.24) is 0 Å². The molecule has 0 spiro atoms. The lowest BCUT2D eigenvalue weighted by Crippen LogP contribution is -2.34. The summed E-state index contributed by atoms with van der Waals surface area (Å²) in [6, 6.07) is 4.94. The minimum absolute atomic E-state index is 0.0716. The van der Waals surface area contributed by atoms with Crippen molar-refractivity contribution in [2.75, 3.05) is 18.0 Å². The third-order valence-electron chi connectivity index (χ3n) is 2.41. The molecule has 0 amide bonds. The van der Waals surface area contributed by atoms with Crippen LogP contribution in [0, 0.1) is 21.4 Å². The van der Waals surface area contributed by atoms with Gasteiger partial charge in [-0.15, -0.1) is 0 Å². The first-order valence-electron chi connectivity index (χ1n) is 5.28. The van der Waals surface area contributed by atoms with Crippen molar-refractivity contribution in [1.29, 1.82) is 5.26 Å². The van der Waals surface area contributed by atoms with E-state index in [1.54, 1.807) is 6.07 Å². The zero-order chi connectivity index (χ0) is 14.6. The van der Waals surface area contributed by atoms with Gasteiger partial charge in [-0.2, -0.15) is 18.4 Å². The number of hydrogen-bond donors (Lipinski definition) is 0. The summed E-state index contributed by atoms with van der Waals surface area (Å²) in [4.78, 5) is 10.9. The molecule has 8 heteroatoms. The second-order valence-electron chi connectivity index (χ2n) is 3.70. The molecule has 1 aromatic carbocycles. The Bertz CT molecular complexity index is 523. The molecule has 0 aliphatic rings. The van der Waals surface area contributed by atoms with E-state index in [1.807, 2.05) is 0 Å². The van der Waals surface area contributed by atoms with Gasteiger partial charge >= 0.3 is 6.18 Å². The van der Waals surface area contributed by atoms with Gasteiger partial charge in [0.25, 0.3) is 5.69 Å². The molecule has 0 atom stereocenters. The smallest absolute Gasteiger partial charge is 0.363 e. The highest BCUT2D eigenvalue weighted by molar-refractivity contribution is 5.59. The molecule has 0 heterocycles. The number of benzene rings is 1. The summed E-state index contributed by atoms with van der Waals surface area (Å²) in [6.07, 6.45) is -4.38. The first-order chi connectivity index (χ1) is 8.78. The average Bonchev–Trinajstić information content (AvgIpc) is 2.33. The monoisotopic (exact) mass is 273 g/mol. The number of halogens is 3. The summed E-state index contributed by atoms with van der Waals surface area (Å²) < 4.78 is 37.1. The van der Waals surface area contributed by atoms with Crippen molar-refractivity contribution in [3.8, 4) is 6.07 Å². The molecule has 0 radical (unpaired) electrons. The molecule has 0 N–H and O–H groups in total. The molecule has 0 saturated heterocycles. The molecule has 0 fully saturated rings. The molecular formula is C11H10F3N3O2. The number of hydrogen-bond acceptors (Lipinski definition) is 4. The van der Waals surface area contributed by atoms with Crippen molar-refractivity contribution < 1.29 is 18.1 Å². The van der Waals surface area contributed by atoms with Crippen molar-refractivity contribution in [3.63, 3.8) is 0 Å². The molecule has 1 aromatic rings. The fraction of sp³-hybridized carbons (Fsp3) is 0.364. The number of nitro benzene ring substituents is 1. The van der Waals surface area contributed by atoms with Crippen LogP contribution >= 0.6 is 0 Å². The van der Waals surface area contributed by atoms with Crippen LogP contribution in [0.1, 0.15) is 12.5 Å². The maximum atomic E-state index is 12.4. The van der Waals surface area contributed by atoms with E-state index in [-0.39, 0.29) is 17.8 Å². The van der Waals surface area contributed by atoms with Crippen LogP contribution in [0.15, 0.2) is 18.2 Å². The van der Waals surface area contributed by atoms with E-state index in [2.05, 4.69) is 0 Å². The van der Waals surface area contributed by atoms with Crippen LogP contribution in [0.4, 0.5) is 24.5 Å². The van der Waals surface area contributed by atoms with E-state index in [0.717, 1.165) is 17.0 Å². The zero-order valence-electron chi connectivity index (χ0n) is 9.94. The van der Waals surface area contributed by atoms with Gasteiger partial charge in [0.05, 0.1) is 4.92 Å². The van der Waals surface area contributed by atoms with E-state index in [0.29, 0.717) is 0 Å². The average molecular weight is 273 g/mol. The highest BCUT2D eigenvalue weighted by Gasteiger charge is 2.30. The van der Waals surface area contributed by atoms with Gasteiger partial charge in [-0.3, -0.25) is 10.1 Å². The molecule has 1 rings (SSSR count). The number of rotatable bonds is 4. The normalized spacial score (nSPS) is 10.9. The molecule has 19 heavy (non-hydrogen) atoms. The van der Waals surface area contributed by atoms with Crippen LogP contribution in [0.5, 0.6) is 0 Å². The Kier molecular flexibility index (Phi) is 4.32. The highest BCUT2D eigenvalue weighted by Crippen LogP contribution is 2.27. The number of alkyl halides is 3. The van der Waals surface area contributed by atoms with E-state index < -0.39 is 23.3 Å². The third kappa shape index (κ3) is 3.84. The van der Waals surface area contributed by atoms with E-state index in [9.17, 15) is 23.3 Å². The summed E-state index contributed by atoms with van der Waals surface area (Å²) in [7, 11) is 0. The van der Waals surface area contributed by atoms with Gasteiger partial charge in [0, 0.05) is 18.3 Å². The van der Waals surface area contributed by atoms with Crippen LogP contribution in [0.3, 0.4) is 0 Å². The molecule has 0 aliphatic carbocycles. The van der Waals surface area contributed by atoms with Gasteiger partial charge in [-0.1, -0.05) is 0 Å². The van der Waals surface area contributed by atoms with Gasteiger partial charge in [-0.05, 0) is 19.1 Å². The summed E-state index contributed by atoms with van der Waals surface area (Å²) in [5.41, 5.74) is -0.556. The quantitative estimate of drug-likeness (QED) is 0.624. The lowest BCUT2D eigenvalue weighted by Gasteiger charge is -2.24. The molecular weight excluding hydrogens is 263 g/mol. The molecule has 0 aliphatic heterocycles. The maximum absolute atomic E-state index is 12.4. The van der Waals surface area contributed by atoms with Crippen LogP contribution in [-0.4, -0.2) is 24.2 Å². The zero-order valence-corrected chi connectivity index (χ0v) is 9.94. The summed E-state index contributed by atoms with van der Waals surface area (Å²) >= 11 is 0. The molecule has 0 aromatic heterocycles. The predicted octanol–water partition coefficient (Wildman–Crippen LogP) is 2.86. The van der Waals surface area contributed by atoms with Crippen LogP contribution < -0.4 is 4.90 Å². The number of nitro groups is 1. The number of nitriles is 1. The van der Waals surface area contributed by atoms with Gasteiger partial charge in [-0.25, -0.2) is 0 Å². The predicted molar refractivity (Wildman–Crippen MR) is 61.8 cm³/mol. The van der Waals surface area contributed by atoms with Crippen molar-refractivity contribution in [2.24, 2.45) is 0 Å². The Labute approximate surface area is 107 Å². The summed E-state index contributed by atoms with van der Waals surface area (Å²) in [6.45, 7) is 0.424. The lowest BCUT2D eigenvalue weighted by atomic mass is 10.1. The Balaban J connectivity index is 3.14. The second-order valence-corrected chi connectivity index (χ2v) is 3.70. The Hall–Kier alpha value is -2.30. The topological polar surface area (TPSA) is 70.2 Å². The van der Waals surface area contributed by atoms with Crippen LogP contribution in [-0.2, 0) is 0 Å². The van der Waals surface area contributed by atoms with Crippen molar-refractivity contribution in [2.45, 2.75) is 13.1 Å². The minimum atomic E-state index is -4.38. The molecule has 0 bridgehead atoms. The first-order valence-corrected chi connectivity index (χ1v) is 5.28. The Morgan fingerprint density at radius 3 is 2.53 bits per heavy atom. The first kappa shape index (κ1) is 14.8. The third-order valence-corrected chi connectivity index (χ3v) is 2.41. The van der Waals surface area contributed by atoms with Crippen LogP contribution in [0.2, 0.25) is 0 Å². The number of anilines is 1. The lowest BCUT2D eigenvalue weighted by molar-refractivity contribution is -0.385. The van der Waals surface area contributed by atoms with Crippen molar-refractivity contribution >= 4 is 11.4 Å². The molecule has 0 unspecified atom stereocenters. The van der Waals surface area contributed by atoms with Crippen LogP contribution in [0.25, 0.3) is 0 Å². The second kappa shape index (κ2) is 5.56. The molecule has 102 valence electrons. The van der Waals surface area contributed by atoms with Gasteiger partial charge in [0.1, 0.15) is 18.2 Å². The SMILES string of the molecule is CCN(CC(F)(F)F)c1ccc([N+](=O)[O-])c(C#N)c1. The van der Waals surface area contributed by atoms with E-state index >= 15 is 0 Å². The highest BCUT2D eigenvalue weighted by atomic mass is 19.4. The Morgan fingerprint density at radius 1 is 1.47 bits per heavy atom. The largest absolute Gasteiger partial charge is 0.405 e. The van der Waals surface area contributed by atoms with E-state index in [1.165, 1.54) is 13.0 Å². The summed E-state index contributed by atoms with van der Waals surface area (Å²) in [5.74, 6) is 0. The van der Waals surface area contributed by atoms with E-state index in [4.69, 9.17) is 5.26 Å². The maximum Gasteiger partial charge on any atom is 0.405 e. The van der Waals surface area contributed by atoms with Crippen molar-refractivity contribution in [3.05, 3.63) is 33.9 Å². The molecule has 5 nitrogen and oxygen atoms in total. The van der Waals surface area contributed by atoms with Gasteiger partial charge < -0.3 is 4.90 Å². The Morgan fingerprint density at radius 2 is 2.11 bits per heavy atom. The standard InChI is InChI=1S/C11H10F3N3O2/c1-2-16(7-11(12,13)14)9-3-4-10(17(18)19)8(5-9)6-15/h3-5H,2,7H2,1H3. The fourth-order valence-corrected chi connectivity index (χ4v) is 1.57.